The number of rotatable bonds is 10. The summed E-state index contributed by atoms with van der Waals surface area (Å²) in [5.74, 6) is -0.133. The molecule has 10 nitrogen and oxygen atoms in total. The molecule has 0 aliphatic heterocycles. The van der Waals surface area contributed by atoms with Crippen molar-refractivity contribution in [3.05, 3.63) is 41.4 Å². The fraction of sp³-hybridized carbons (Fsp3) is 0.381. The zero-order chi connectivity index (χ0) is 26.5. The van der Waals surface area contributed by atoms with Crippen LogP contribution in [0.25, 0.3) is 11.4 Å². The standard InChI is InChI=1S/C21H28ClN7O3Si/c1-23-21(30)18-16(11-17(22)26-27-18)25-15-8-6-7-14(19(15)31-2)20-24-12-29(28-20)13-32-9-10-33(3,4)5/h6-8,11-12H,9-10,13H2,1-5H3,(H,23,30)(H,25,26)/i1D3. The van der Waals surface area contributed by atoms with Crippen LogP contribution in [0.2, 0.25) is 30.8 Å². The van der Waals surface area contributed by atoms with Gasteiger partial charge in [0.15, 0.2) is 22.4 Å². The molecule has 3 rings (SSSR count). The second-order valence-corrected chi connectivity index (χ2v) is 14.4. The van der Waals surface area contributed by atoms with Crippen LogP contribution in [0.3, 0.4) is 0 Å². The summed E-state index contributed by atoms with van der Waals surface area (Å²) < 4.78 is 34.8. The smallest absolute Gasteiger partial charge is 0.273 e. The van der Waals surface area contributed by atoms with Crippen molar-refractivity contribution in [2.75, 3.05) is 26.0 Å². The minimum atomic E-state index is -2.70. The van der Waals surface area contributed by atoms with E-state index in [4.69, 9.17) is 25.2 Å². The van der Waals surface area contributed by atoms with Crippen LogP contribution in [0.4, 0.5) is 11.4 Å². The fourth-order valence-corrected chi connectivity index (χ4v) is 3.79. The molecule has 0 radical (unpaired) electrons. The van der Waals surface area contributed by atoms with Crippen LogP contribution in [0, 0.1) is 0 Å². The lowest BCUT2D eigenvalue weighted by Crippen LogP contribution is -2.22. The molecule has 1 amide bonds. The molecule has 0 spiro atoms. The molecule has 2 aromatic heterocycles. The molecule has 0 atom stereocenters. The van der Waals surface area contributed by atoms with Crippen molar-refractivity contribution in [1.29, 1.82) is 0 Å². The van der Waals surface area contributed by atoms with Crippen molar-refractivity contribution < 1.29 is 18.4 Å². The Bertz CT molecular complexity index is 1220. The molecule has 0 aliphatic carbocycles. The lowest BCUT2D eigenvalue weighted by atomic mass is 10.1. The summed E-state index contributed by atoms with van der Waals surface area (Å²) in [6.45, 7) is 5.10. The number of anilines is 2. The number of carbonyl (C=O) groups is 1. The van der Waals surface area contributed by atoms with Crippen LogP contribution in [-0.4, -0.2) is 59.6 Å². The summed E-state index contributed by atoms with van der Waals surface area (Å²) in [5, 5.41) is 16.8. The highest BCUT2D eigenvalue weighted by Crippen LogP contribution is 2.37. The third-order valence-electron chi connectivity index (χ3n) is 4.58. The molecule has 0 unspecified atom stereocenters. The van der Waals surface area contributed by atoms with Gasteiger partial charge in [0.1, 0.15) is 13.1 Å². The number of para-hydroxylation sites is 1. The van der Waals surface area contributed by atoms with E-state index in [1.54, 1.807) is 29.2 Å². The van der Waals surface area contributed by atoms with Gasteiger partial charge in [0.05, 0.1) is 24.0 Å². The molecule has 2 heterocycles. The van der Waals surface area contributed by atoms with E-state index < -0.39 is 21.0 Å². The predicted octanol–water partition coefficient (Wildman–Crippen LogP) is 3.81. The molecule has 33 heavy (non-hydrogen) atoms. The van der Waals surface area contributed by atoms with E-state index in [0.29, 0.717) is 29.4 Å². The Morgan fingerprint density at radius 2 is 2.09 bits per heavy atom. The molecule has 3 aromatic rings. The molecule has 2 N–H and O–H groups in total. The Labute approximate surface area is 202 Å². The number of nitrogens with zero attached hydrogens (tertiary/aromatic N) is 5. The van der Waals surface area contributed by atoms with E-state index in [1.165, 1.54) is 13.2 Å². The highest BCUT2D eigenvalue weighted by atomic mass is 35.5. The van der Waals surface area contributed by atoms with Gasteiger partial charge in [-0.2, -0.15) is 0 Å². The average Bonchev–Trinajstić information content (AvgIpc) is 3.23. The first-order valence-electron chi connectivity index (χ1n) is 11.6. The summed E-state index contributed by atoms with van der Waals surface area (Å²) in [4.78, 5) is 16.8. The molecular weight excluding hydrogens is 462 g/mol. The maximum Gasteiger partial charge on any atom is 0.273 e. The van der Waals surface area contributed by atoms with Gasteiger partial charge in [0, 0.05) is 31.8 Å². The number of carbonyl (C=O) groups excluding carboxylic acids is 1. The Kier molecular flexibility index (Phi) is 6.69. The minimum Gasteiger partial charge on any atom is -0.494 e. The molecule has 176 valence electrons. The predicted molar refractivity (Wildman–Crippen MR) is 130 cm³/mol. The number of nitrogens with one attached hydrogen (secondary N) is 2. The second kappa shape index (κ2) is 10.7. The molecule has 0 fully saturated rings. The summed E-state index contributed by atoms with van der Waals surface area (Å²) in [6.07, 6.45) is 1.58. The normalized spacial score (nSPS) is 13.1. The van der Waals surface area contributed by atoms with Crippen molar-refractivity contribution in [2.45, 2.75) is 32.4 Å². The number of hydrogen-bond donors (Lipinski definition) is 2. The van der Waals surface area contributed by atoms with Gasteiger partial charge in [-0.3, -0.25) is 4.79 Å². The fourth-order valence-electron chi connectivity index (χ4n) is 2.88. The van der Waals surface area contributed by atoms with Crippen LogP contribution < -0.4 is 15.4 Å². The number of aromatic nitrogens is 5. The molecule has 0 saturated carbocycles. The first-order valence-corrected chi connectivity index (χ1v) is 14.2. The SMILES string of the molecule is [2H]C([2H])([2H])NC(=O)c1nnc(Cl)cc1Nc1cccc(-c2ncn(COCC[Si](C)(C)C)n2)c1OC. The van der Waals surface area contributed by atoms with Gasteiger partial charge < -0.3 is 20.1 Å². The van der Waals surface area contributed by atoms with Crippen LogP contribution in [0.15, 0.2) is 30.6 Å². The zero-order valence-corrected chi connectivity index (χ0v) is 20.6. The summed E-state index contributed by atoms with van der Waals surface area (Å²) >= 11 is 5.98. The van der Waals surface area contributed by atoms with Gasteiger partial charge >= 0.3 is 0 Å². The largest absolute Gasteiger partial charge is 0.494 e. The van der Waals surface area contributed by atoms with Gasteiger partial charge in [-0.15, -0.1) is 15.3 Å². The van der Waals surface area contributed by atoms with E-state index >= 15 is 0 Å². The Morgan fingerprint density at radius 3 is 2.82 bits per heavy atom. The third kappa shape index (κ3) is 6.50. The van der Waals surface area contributed by atoms with Crippen molar-refractivity contribution in [2.24, 2.45) is 0 Å². The highest BCUT2D eigenvalue weighted by molar-refractivity contribution is 6.76. The number of ether oxygens (including phenoxy) is 2. The van der Waals surface area contributed by atoms with E-state index in [-0.39, 0.29) is 23.3 Å². The van der Waals surface area contributed by atoms with Gasteiger partial charge in [0.2, 0.25) is 0 Å². The number of halogens is 1. The van der Waals surface area contributed by atoms with Crippen LogP contribution in [-0.2, 0) is 11.5 Å². The molecule has 0 aliphatic rings. The summed E-state index contributed by atoms with van der Waals surface area (Å²) in [5.41, 5.74) is 0.928. The zero-order valence-electron chi connectivity index (χ0n) is 21.8. The molecule has 12 heteroatoms. The molecule has 0 saturated heterocycles. The van der Waals surface area contributed by atoms with E-state index in [0.717, 1.165) is 6.04 Å². The quantitative estimate of drug-likeness (QED) is 0.324. The van der Waals surface area contributed by atoms with E-state index in [2.05, 4.69) is 45.2 Å². The lowest BCUT2D eigenvalue weighted by Gasteiger charge is -2.15. The van der Waals surface area contributed by atoms with Crippen LogP contribution >= 0.6 is 11.6 Å². The van der Waals surface area contributed by atoms with Crippen LogP contribution in [0.5, 0.6) is 5.75 Å². The van der Waals surface area contributed by atoms with Crippen molar-refractivity contribution in [3.8, 4) is 17.1 Å². The Morgan fingerprint density at radius 1 is 1.27 bits per heavy atom. The van der Waals surface area contributed by atoms with Gasteiger partial charge in [-0.05, 0) is 18.2 Å². The van der Waals surface area contributed by atoms with Crippen molar-refractivity contribution in [3.63, 3.8) is 0 Å². The molecule has 0 bridgehead atoms. The van der Waals surface area contributed by atoms with Crippen molar-refractivity contribution >= 4 is 37.0 Å². The highest BCUT2D eigenvalue weighted by Gasteiger charge is 2.19. The van der Waals surface area contributed by atoms with Gasteiger partial charge in [0.25, 0.3) is 5.91 Å². The summed E-state index contributed by atoms with van der Waals surface area (Å²) in [6, 6.07) is 7.66. The average molecular weight is 493 g/mol. The Balaban J connectivity index is 1.84. The van der Waals surface area contributed by atoms with Crippen LogP contribution in [0.1, 0.15) is 14.6 Å². The second-order valence-electron chi connectivity index (χ2n) is 8.35. The number of methoxy groups -OCH3 is 1. The van der Waals surface area contributed by atoms with Gasteiger partial charge in [-0.25, -0.2) is 9.67 Å². The lowest BCUT2D eigenvalue weighted by molar-refractivity contribution is 0.0784. The first kappa shape index (κ1) is 20.6. The minimum absolute atomic E-state index is 0.00703. The molecule has 1 aromatic carbocycles. The van der Waals surface area contributed by atoms with Crippen molar-refractivity contribution in [1.82, 2.24) is 30.3 Å². The maximum atomic E-state index is 12.5. The monoisotopic (exact) mass is 492 g/mol. The van der Waals surface area contributed by atoms with E-state index in [1.807, 2.05) is 5.32 Å². The summed E-state index contributed by atoms with van der Waals surface area (Å²) in [7, 11) is 0.303. The number of benzene rings is 1. The third-order valence-corrected chi connectivity index (χ3v) is 6.47. The number of amides is 1. The van der Waals surface area contributed by atoms with E-state index in [9.17, 15) is 4.79 Å². The first-order chi connectivity index (χ1) is 16.9. The topological polar surface area (TPSA) is 116 Å². The number of hydrogen-bond acceptors (Lipinski definition) is 8. The van der Waals surface area contributed by atoms with Gasteiger partial charge in [-0.1, -0.05) is 37.3 Å². The molecular formula is C21H28ClN7O3Si. The Hall–Kier alpha value is -3.02. The maximum absolute atomic E-state index is 12.5.